The maximum Gasteiger partial charge on any atom is 0.132 e. The van der Waals surface area contributed by atoms with E-state index in [1.54, 1.807) is 28.2 Å². The van der Waals surface area contributed by atoms with Crippen molar-refractivity contribution in [2.24, 2.45) is 0 Å². The summed E-state index contributed by atoms with van der Waals surface area (Å²) in [6, 6.07) is 25.3. The summed E-state index contributed by atoms with van der Waals surface area (Å²) in [7, 11) is 0. The number of aromatic nitrogens is 3. The molecule has 0 aliphatic carbocycles. The van der Waals surface area contributed by atoms with Crippen molar-refractivity contribution < 1.29 is 4.39 Å². The Labute approximate surface area is 181 Å². The highest BCUT2D eigenvalue weighted by Gasteiger charge is 2.20. The Hall–Kier alpha value is -2.92. The Bertz CT molecular complexity index is 1130. The Balaban J connectivity index is 1.66. The zero-order chi connectivity index (χ0) is 21.1. The molecule has 5 heteroatoms. The van der Waals surface area contributed by atoms with Crippen LogP contribution in [0, 0.1) is 5.82 Å². The van der Waals surface area contributed by atoms with Crippen LogP contribution in [0.2, 0.25) is 0 Å². The van der Waals surface area contributed by atoms with Gasteiger partial charge in [-0.25, -0.2) is 4.39 Å². The average Bonchev–Trinajstić information content (AvgIpc) is 3.16. The normalized spacial score (nSPS) is 11.6. The zero-order valence-corrected chi connectivity index (χ0v) is 18.2. The molecule has 4 rings (SSSR count). The molecule has 0 aliphatic heterocycles. The summed E-state index contributed by atoms with van der Waals surface area (Å²) in [6.07, 6.45) is 0. The molecule has 0 radical (unpaired) electrons. The Morgan fingerprint density at radius 3 is 2.20 bits per heavy atom. The van der Waals surface area contributed by atoms with Crippen molar-refractivity contribution in [1.82, 2.24) is 14.4 Å². The van der Waals surface area contributed by atoms with Gasteiger partial charge in [-0.15, -0.1) is 5.10 Å². The molecule has 0 saturated heterocycles. The molecule has 0 aliphatic rings. The van der Waals surface area contributed by atoms with E-state index in [9.17, 15) is 4.39 Å². The van der Waals surface area contributed by atoms with Crippen LogP contribution in [-0.4, -0.2) is 14.4 Å². The van der Waals surface area contributed by atoms with Gasteiger partial charge in [0, 0.05) is 16.9 Å². The molecule has 0 spiro atoms. The highest BCUT2D eigenvalue weighted by molar-refractivity contribution is 7.97. The van der Waals surface area contributed by atoms with Crippen molar-refractivity contribution in [3.8, 4) is 22.5 Å². The van der Waals surface area contributed by atoms with Gasteiger partial charge < -0.3 is 0 Å². The lowest BCUT2D eigenvalue weighted by molar-refractivity contribution is 0.590. The molecule has 0 saturated carbocycles. The lowest BCUT2D eigenvalue weighted by Gasteiger charge is -2.19. The summed E-state index contributed by atoms with van der Waals surface area (Å²) in [5.41, 5.74) is 5.41. The molecule has 3 aromatic carbocycles. The number of rotatable bonds is 5. The van der Waals surface area contributed by atoms with Gasteiger partial charge in [0.1, 0.15) is 17.2 Å². The Morgan fingerprint density at radius 2 is 1.53 bits per heavy atom. The molecule has 1 heterocycles. The third-order valence-corrected chi connectivity index (χ3v) is 5.95. The number of hydrogen-bond donors (Lipinski definition) is 0. The van der Waals surface area contributed by atoms with Gasteiger partial charge in [-0.2, -0.15) is 4.09 Å². The van der Waals surface area contributed by atoms with E-state index in [1.165, 1.54) is 17.2 Å². The molecule has 1 aromatic heterocycles. The van der Waals surface area contributed by atoms with Gasteiger partial charge in [-0.05, 0) is 40.6 Å². The third kappa shape index (κ3) is 4.31. The van der Waals surface area contributed by atoms with Crippen LogP contribution in [0.25, 0.3) is 22.5 Å². The van der Waals surface area contributed by atoms with E-state index in [1.807, 2.05) is 36.4 Å². The Kier molecular flexibility index (Phi) is 5.73. The lowest BCUT2D eigenvalue weighted by Crippen LogP contribution is -2.10. The first kappa shape index (κ1) is 20.4. The molecule has 0 N–H and O–H groups in total. The molecule has 0 fully saturated rings. The Morgan fingerprint density at radius 1 is 0.867 bits per heavy atom. The minimum Gasteiger partial charge on any atom is -0.206 e. The first-order valence-corrected chi connectivity index (χ1v) is 10.9. The second kappa shape index (κ2) is 8.44. The maximum absolute atomic E-state index is 14.5. The number of hydrogen-bond acceptors (Lipinski definition) is 3. The minimum atomic E-state index is -0.301. The summed E-state index contributed by atoms with van der Waals surface area (Å²) >= 11 is 1.55. The van der Waals surface area contributed by atoms with Gasteiger partial charge in [-0.3, -0.25) is 0 Å². The number of halogens is 1. The highest BCUT2D eigenvalue weighted by atomic mass is 32.2. The van der Waals surface area contributed by atoms with Crippen LogP contribution < -0.4 is 0 Å². The largest absolute Gasteiger partial charge is 0.206 e. The zero-order valence-electron chi connectivity index (χ0n) is 17.3. The van der Waals surface area contributed by atoms with E-state index >= 15 is 0 Å². The van der Waals surface area contributed by atoms with E-state index in [4.69, 9.17) is 0 Å². The van der Waals surface area contributed by atoms with Crippen molar-refractivity contribution in [3.05, 3.63) is 95.8 Å². The maximum atomic E-state index is 14.5. The quantitative estimate of drug-likeness (QED) is 0.360. The van der Waals surface area contributed by atoms with Gasteiger partial charge in [0.15, 0.2) is 0 Å². The van der Waals surface area contributed by atoms with Crippen molar-refractivity contribution >= 4 is 11.9 Å². The van der Waals surface area contributed by atoms with Crippen LogP contribution in [-0.2, 0) is 11.2 Å². The average molecular weight is 418 g/mol. The molecular formula is C25H24FN3S. The number of benzene rings is 3. The van der Waals surface area contributed by atoms with Gasteiger partial charge >= 0.3 is 0 Å². The van der Waals surface area contributed by atoms with Crippen molar-refractivity contribution in [3.63, 3.8) is 0 Å². The van der Waals surface area contributed by atoms with Gasteiger partial charge in [0.05, 0.1) is 0 Å². The monoisotopic (exact) mass is 417 g/mol. The molecule has 0 atom stereocenters. The summed E-state index contributed by atoms with van der Waals surface area (Å²) in [6.45, 7) is 6.63. The fourth-order valence-corrected chi connectivity index (χ4v) is 4.15. The SMILES string of the molecule is CC(C)(C)c1ccc(CSn2nnc(-c3ccccc3F)c2-c2ccccc2)cc1. The topological polar surface area (TPSA) is 30.7 Å². The van der Waals surface area contributed by atoms with Crippen molar-refractivity contribution in [1.29, 1.82) is 0 Å². The molecule has 0 unspecified atom stereocenters. The van der Waals surface area contributed by atoms with Crippen LogP contribution in [0.4, 0.5) is 4.39 Å². The minimum absolute atomic E-state index is 0.132. The van der Waals surface area contributed by atoms with Crippen molar-refractivity contribution in [2.75, 3.05) is 0 Å². The van der Waals surface area contributed by atoms with Gasteiger partial charge in [0.2, 0.25) is 0 Å². The summed E-state index contributed by atoms with van der Waals surface area (Å²) in [5, 5.41) is 8.68. The fourth-order valence-electron chi connectivity index (χ4n) is 3.27. The van der Waals surface area contributed by atoms with E-state index in [0.717, 1.165) is 17.0 Å². The summed E-state index contributed by atoms with van der Waals surface area (Å²) in [4.78, 5) is 0. The molecule has 4 aromatic rings. The van der Waals surface area contributed by atoms with E-state index < -0.39 is 0 Å². The molecular weight excluding hydrogens is 393 g/mol. The first-order valence-electron chi connectivity index (χ1n) is 9.92. The summed E-state index contributed by atoms with van der Waals surface area (Å²) < 4.78 is 16.3. The molecule has 0 bridgehead atoms. The van der Waals surface area contributed by atoms with E-state index in [0.29, 0.717) is 11.3 Å². The van der Waals surface area contributed by atoms with Gasteiger partial charge in [-0.1, -0.05) is 92.7 Å². The molecule has 30 heavy (non-hydrogen) atoms. The van der Waals surface area contributed by atoms with Gasteiger partial charge in [0.25, 0.3) is 0 Å². The van der Waals surface area contributed by atoms with E-state index in [-0.39, 0.29) is 11.2 Å². The fraction of sp³-hybridized carbons (Fsp3) is 0.200. The van der Waals surface area contributed by atoms with Crippen molar-refractivity contribution in [2.45, 2.75) is 31.9 Å². The molecule has 152 valence electrons. The van der Waals surface area contributed by atoms with Crippen LogP contribution in [0.15, 0.2) is 78.9 Å². The second-order valence-corrected chi connectivity index (χ2v) is 9.12. The predicted octanol–water partition coefficient (Wildman–Crippen LogP) is 6.75. The predicted molar refractivity (Wildman–Crippen MR) is 123 cm³/mol. The summed E-state index contributed by atoms with van der Waals surface area (Å²) in [5.74, 6) is 0.439. The van der Waals surface area contributed by atoms with Crippen LogP contribution in [0.3, 0.4) is 0 Å². The standard InChI is InChI=1S/C25H24FN3S/c1-25(2,3)20-15-13-18(14-16-20)17-30-29-24(19-9-5-4-6-10-19)23(27-28-29)21-11-7-8-12-22(21)26/h4-16H,17H2,1-3H3. The third-order valence-electron chi connectivity index (χ3n) is 4.99. The van der Waals surface area contributed by atoms with Crippen LogP contribution in [0.1, 0.15) is 31.9 Å². The highest BCUT2D eigenvalue weighted by Crippen LogP contribution is 2.34. The smallest absolute Gasteiger partial charge is 0.132 e. The lowest BCUT2D eigenvalue weighted by atomic mass is 9.87. The molecule has 3 nitrogen and oxygen atoms in total. The first-order chi connectivity index (χ1) is 14.4. The second-order valence-electron chi connectivity index (χ2n) is 8.23. The number of nitrogens with zero attached hydrogens (tertiary/aromatic N) is 3. The molecule has 0 amide bonds. The van der Waals surface area contributed by atoms with Crippen LogP contribution >= 0.6 is 11.9 Å². The van der Waals surface area contributed by atoms with E-state index in [2.05, 4.69) is 55.3 Å². The van der Waals surface area contributed by atoms with Crippen LogP contribution in [0.5, 0.6) is 0 Å².